The van der Waals surface area contributed by atoms with Gasteiger partial charge in [0.25, 0.3) is 0 Å². The van der Waals surface area contributed by atoms with Crippen LogP contribution in [0, 0.1) is 13.8 Å². The zero-order valence-electron chi connectivity index (χ0n) is 13.0. The number of rotatable bonds is 7. The van der Waals surface area contributed by atoms with Crippen molar-refractivity contribution in [3.8, 4) is 0 Å². The Bertz CT molecular complexity index is 675. The number of carbonyl (C=O) groups is 2. The van der Waals surface area contributed by atoms with Crippen LogP contribution >= 0.6 is 11.8 Å². The fourth-order valence-electron chi connectivity index (χ4n) is 1.92. The van der Waals surface area contributed by atoms with Crippen LogP contribution in [-0.4, -0.2) is 22.8 Å². The smallest absolute Gasteiger partial charge is 0.316 e. The SMILES string of the molecule is Cc1noc(C)c1CSCC(=O)OCc1ccc(C(N)=O)cc1. The normalized spacial score (nSPS) is 10.5. The van der Waals surface area contributed by atoms with Crippen LogP contribution in [0.4, 0.5) is 0 Å². The monoisotopic (exact) mass is 334 g/mol. The van der Waals surface area contributed by atoms with Crippen LogP contribution < -0.4 is 5.73 Å². The molecule has 1 amide bonds. The van der Waals surface area contributed by atoms with Crippen LogP contribution in [0.25, 0.3) is 0 Å². The average molecular weight is 334 g/mol. The highest BCUT2D eigenvalue weighted by atomic mass is 32.2. The van der Waals surface area contributed by atoms with Crippen molar-refractivity contribution in [2.45, 2.75) is 26.2 Å². The van der Waals surface area contributed by atoms with E-state index in [4.69, 9.17) is 15.0 Å². The number of nitrogens with zero attached hydrogens (tertiary/aromatic N) is 1. The number of esters is 1. The molecule has 0 radical (unpaired) electrons. The van der Waals surface area contributed by atoms with Crippen LogP contribution in [0.3, 0.4) is 0 Å². The van der Waals surface area contributed by atoms with Crippen molar-refractivity contribution in [2.75, 3.05) is 5.75 Å². The number of aromatic nitrogens is 1. The van der Waals surface area contributed by atoms with Crippen LogP contribution in [-0.2, 0) is 21.9 Å². The lowest BCUT2D eigenvalue weighted by Crippen LogP contribution is -2.11. The Morgan fingerprint density at radius 1 is 1.26 bits per heavy atom. The Morgan fingerprint density at radius 3 is 2.52 bits per heavy atom. The van der Waals surface area contributed by atoms with Crippen molar-refractivity contribution in [1.29, 1.82) is 0 Å². The summed E-state index contributed by atoms with van der Waals surface area (Å²) in [6.45, 7) is 3.90. The average Bonchev–Trinajstić information content (AvgIpc) is 2.85. The molecule has 0 bridgehead atoms. The summed E-state index contributed by atoms with van der Waals surface area (Å²) in [6.07, 6.45) is 0. The van der Waals surface area contributed by atoms with E-state index in [0.717, 1.165) is 22.6 Å². The number of hydrogen-bond acceptors (Lipinski definition) is 6. The Balaban J connectivity index is 1.74. The number of amides is 1. The number of ether oxygens (including phenoxy) is 1. The minimum atomic E-state index is -0.482. The quantitative estimate of drug-likeness (QED) is 0.781. The van der Waals surface area contributed by atoms with Gasteiger partial charge in [-0.15, -0.1) is 11.8 Å². The predicted octanol–water partition coefficient (Wildman–Crippen LogP) is 2.37. The molecule has 1 aromatic carbocycles. The van der Waals surface area contributed by atoms with Gasteiger partial charge in [0.1, 0.15) is 12.4 Å². The number of thioether (sulfide) groups is 1. The summed E-state index contributed by atoms with van der Waals surface area (Å²) >= 11 is 1.45. The lowest BCUT2D eigenvalue weighted by Gasteiger charge is -2.05. The van der Waals surface area contributed by atoms with E-state index in [2.05, 4.69) is 5.16 Å². The van der Waals surface area contributed by atoms with Gasteiger partial charge in [-0.2, -0.15) is 0 Å². The number of hydrogen-bond donors (Lipinski definition) is 1. The van der Waals surface area contributed by atoms with Crippen molar-refractivity contribution in [3.63, 3.8) is 0 Å². The molecule has 0 fully saturated rings. The molecule has 0 aliphatic rings. The highest BCUT2D eigenvalue weighted by Gasteiger charge is 2.11. The molecule has 1 heterocycles. The largest absolute Gasteiger partial charge is 0.460 e. The number of carbonyl (C=O) groups excluding carboxylic acids is 2. The van der Waals surface area contributed by atoms with Gasteiger partial charge < -0.3 is 15.0 Å². The van der Waals surface area contributed by atoms with E-state index in [0.29, 0.717) is 11.3 Å². The van der Waals surface area contributed by atoms with E-state index in [1.165, 1.54) is 11.8 Å². The third-order valence-electron chi connectivity index (χ3n) is 3.29. The van der Waals surface area contributed by atoms with Crippen molar-refractivity contribution in [2.24, 2.45) is 5.73 Å². The lowest BCUT2D eigenvalue weighted by molar-refractivity contribution is -0.141. The van der Waals surface area contributed by atoms with E-state index < -0.39 is 5.91 Å². The molecule has 0 aliphatic carbocycles. The topological polar surface area (TPSA) is 95.4 Å². The highest BCUT2D eigenvalue weighted by Crippen LogP contribution is 2.19. The second-order valence-electron chi connectivity index (χ2n) is 5.02. The molecule has 0 unspecified atom stereocenters. The zero-order valence-corrected chi connectivity index (χ0v) is 13.8. The minimum Gasteiger partial charge on any atom is -0.460 e. The number of primary amides is 1. The first-order valence-corrected chi connectivity index (χ1v) is 8.16. The summed E-state index contributed by atoms with van der Waals surface area (Å²) < 4.78 is 10.3. The molecule has 0 saturated heterocycles. The number of nitrogens with two attached hydrogens (primary N) is 1. The summed E-state index contributed by atoms with van der Waals surface area (Å²) in [5.74, 6) is 0.912. The maximum atomic E-state index is 11.7. The Morgan fingerprint density at radius 2 is 1.96 bits per heavy atom. The first-order valence-electron chi connectivity index (χ1n) is 7.01. The summed E-state index contributed by atoms with van der Waals surface area (Å²) in [6, 6.07) is 6.64. The van der Waals surface area contributed by atoms with E-state index >= 15 is 0 Å². The van der Waals surface area contributed by atoms with Gasteiger partial charge >= 0.3 is 5.97 Å². The predicted molar refractivity (Wildman–Crippen MR) is 86.9 cm³/mol. The zero-order chi connectivity index (χ0) is 16.8. The van der Waals surface area contributed by atoms with E-state index in [1.807, 2.05) is 13.8 Å². The van der Waals surface area contributed by atoms with Crippen LogP contribution in [0.1, 0.15) is 32.9 Å². The summed E-state index contributed by atoms with van der Waals surface area (Å²) in [5.41, 5.74) is 8.26. The van der Waals surface area contributed by atoms with Crippen LogP contribution in [0.2, 0.25) is 0 Å². The standard InChI is InChI=1S/C16H18N2O4S/c1-10-14(11(2)22-18-10)8-23-9-15(19)21-7-12-3-5-13(6-4-12)16(17)20/h3-6H,7-9H2,1-2H3,(H2,17,20). The molecule has 1 aromatic heterocycles. The van der Waals surface area contributed by atoms with E-state index in [1.54, 1.807) is 24.3 Å². The molecule has 0 aliphatic heterocycles. The number of aryl methyl sites for hydroxylation is 2. The van der Waals surface area contributed by atoms with Crippen LogP contribution in [0.5, 0.6) is 0 Å². The third kappa shape index (κ3) is 4.85. The lowest BCUT2D eigenvalue weighted by atomic mass is 10.1. The minimum absolute atomic E-state index is 0.170. The Labute approximate surface area is 138 Å². The Hall–Kier alpha value is -2.28. The molecule has 2 N–H and O–H groups in total. The van der Waals surface area contributed by atoms with Gasteiger partial charge in [-0.1, -0.05) is 17.3 Å². The molecule has 122 valence electrons. The van der Waals surface area contributed by atoms with Crippen molar-refractivity contribution in [1.82, 2.24) is 5.16 Å². The van der Waals surface area contributed by atoms with Crippen LogP contribution in [0.15, 0.2) is 28.8 Å². The molecule has 0 spiro atoms. The second kappa shape index (κ2) is 7.82. The molecular formula is C16H18N2O4S. The molecule has 2 aromatic rings. The molecular weight excluding hydrogens is 316 g/mol. The summed E-state index contributed by atoms with van der Waals surface area (Å²) in [7, 11) is 0. The van der Waals surface area contributed by atoms with Crippen molar-refractivity contribution in [3.05, 3.63) is 52.4 Å². The fourth-order valence-corrected chi connectivity index (χ4v) is 2.88. The van der Waals surface area contributed by atoms with E-state index in [-0.39, 0.29) is 18.3 Å². The fraction of sp³-hybridized carbons (Fsp3) is 0.312. The molecule has 0 atom stereocenters. The third-order valence-corrected chi connectivity index (χ3v) is 4.22. The summed E-state index contributed by atoms with van der Waals surface area (Å²) in [5, 5.41) is 3.87. The van der Waals surface area contributed by atoms with Gasteiger partial charge in [0, 0.05) is 16.9 Å². The number of benzene rings is 1. The molecule has 7 heteroatoms. The van der Waals surface area contributed by atoms with Gasteiger partial charge in [0.05, 0.1) is 11.4 Å². The second-order valence-corrected chi connectivity index (χ2v) is 6.00. The molecule has 0 saturated carbocycles. The van der Waals surface area contributed by atoms with Crippen molar-refractivity contribution < 1.29 is 18.8 Å². The van der Waals surface area contributed by atoms with Gasteiger partial charge in [0.2, 0.25) is 5.91 Å². The van der Waals surface area contributed by atoms with E-state index in [9.17, 15) is 9.59 Å². The molecule has 2 rings (SSSR count). The molecule has 6 nitrogen and oxygen atoms in total. The summed E-state index contributed by atoms with van der Waals surface area (Å²) in [4.78, 5) is 22.7. The van der Waals surface area contributed by atoms with Gasteiger partial charge in [-0.3, -0.25) is 9.59 Å². The Kier molecular flexibility index (Phi) is 5.81. The van der Waals surface area contributed by atoms with Gasteiger partial charge in [-0.05, 0) is 31.5 Å². The highest BCUT2D eigenvalue weighted by molar-refractivity contribution is 7.99. The first-order chi connectivity index (χ1) is 11.0. The van der Waals surface area contributed by atoms with Gasteiger partial charge in [0.15, 0.2) is 0 Å². The van der Waals surface area contributed by atoms with Crippen molar-refractivity contribution >= 4 is 23.6 Å². The molecule has 23 heavy (non-hydrogen) atoms. The van der Waals surface area contributed by atoms with Gasteiger partial charge in [-0.25, -0.2) is 0 Å². The first kappa shape index (κ1) is 17.1. The maximum Gasteiger partial charge on any atom is 0.316 e. The maximum absolute atomic E-state index is 11.7.